The van der Waals surface area contributed by atoms with Crippen molar-refractivity contribution >= 4 is 44.3 Å². The summed E-state index contributed by atoms with van der Waals surface area (Å²) in [6.45, 7) is 1.50. The molecule has 0 saturated heterocycles. The Bertz CT molecular complexity index is 1270. The lowest BCUT2D eigenvalue weighted by atomic mass is 10.1. The highest BCUT2D eigenvalue weighted by molar-refractivity contribution is 9.10. The number of benzene rings is 3. The average Bonchev–Trinajstić information content (AvgIpc) is 3.13. The van der Waals surface area contributed by atoms with Crippen molar-refractivity contribution in [3.63, 3.8) is 0 Å². The van der Waals surface area contributed by atoms with E-state index < -0.39 is 17.8 Å². The van der Waals surface area contributed by atoms with Crippen LogP contribution in [0.4, 0.5) is 10.1 Å². The molecule has 0 aliphatic carbocycles. The molecule has 7 heteroatoms. The number of anilines is 1. The Kier molecular flexibility index (Phi) is 5.86. The van der Waals surface area contributed by atoms with Crippen LogP contribution >= 0.6 is 15.9 Å². The van der Waals surface area contributed by atoms with Crippen LogP contribution in [0.1, 0.15) is 23.0 Å². The minimum absolute atomic E-state index is 0.00923. The van der Waals surface area contributed by atoms with Gasteiger partial charge in [-0.3, -0.25) is 9.59 Å². The van der Waals surface area contributed by atoms with E-state index in [0.717, 1.165) is 4.47 Å². The third kappa shape index (κ3) is 4.36. The first-order chi connectivity index (χ1) is 14.9. The lowest BCUT2D eigenvalue weighted by Gasteiger charge is -2.15. The Balaban J connectivity index is 1.65. The molecule has 0 fully saturated rings. The molecule has 0 radical (unpaired) electrons. The molecule has 5 nitrogen and oxygen atoms in total. The molecule has 0 spiro atoms. The molecular weight excluding hydrogens is 465 g/mol. The van der Waals surface area contributed by atoms with Gasteiger partial charge in [0.25, 0.3) is 5.91 Å². The zero-order chi connectivity index (χ0) is 22.0. The van der Waals surface area contributed by atoms with E-state index in [1.54, 1.807) is 54.6 Å². The van der Waals surface area contributed by atoms with Crippen molar-refractivity contribution in [1.29, 1.82) is 0 Å². The van der Waals surface area contributed by atoms with Crippen LogP contribution in [0.15, 0.2) is 81.7 Å². The van der Waals surface area contributed by atoms with Crippen molar-refractivity contribution in [1.82, 2.24) is 0 Å². The Morgan fingerprint density at radius 3 is 2.42 bits per heavy atom. The van der Waals surface area contributed by atoms with Gasteiger partial charge in [0.05, 0.1) is 5.69 Å². The fourth-order valence-electron chi connectivity index (χ4n) is 3.07. The van der Waals surface area contributed by atoms with Gasteiger partial charge in [0.1, 0.15) is 5.58 Å². The molecule has 1 atom stereocenters. The van der Waals surface area contributed by atoms with Gasteiger partial charge in [0.15, 0.2) is 23.4 Å². The SMILES string of the molecule is CC(Oc1ccccc1F)C(=O)Nc1c(C(=O)c2ccc(Br)cc2)oc2ccccc12. The molecule has 0 aliphatic heterocycles. The Hall–Kier alpha value is -3.45. The van der Waals surface area contributed by atoms with Gasteiger partial charge in [0, 0.05) is 15.4 Å². The average molecular weight is 482 g/mol. The zero-order valence-electron chi connectivity index (χ0n) is 16.4. The Labute approximate surface area is 186 Å². The minimum Gasteiger partial charge on any atom is -0.478 e. The van der Waals surface area contributed by atoms with Crippen molar-refractivity contribution in [2.75, 3.05) is 5.32 Å². The maximum absolute atomic E-state index is 13.9. The lowest BCUT2D eigenvalue weighted by molar-refractivity contribution is -0.122. The number of amides is 1. The largest absolute Gasteiger partial charge is 0.478 e. The maximum atomic E-state index is 13.9. The number of para-hydroxylation sites is 2. The predicted molar refractivity (Wildman–Crippen MR) is 119 cm³/mol. The fourth-order valence-corrected chi connectivity index (χ4v) is 3.34. The van der Waals surface area contributed by atoms with Crippen LogP contribution in [0.2, 0.25) is 0 Å². The second kappa shape index (κ2) is 8.73. The molecule has 4 rings (SSSR count). The summed E-state index contributed by atoms with van der Waals surface area (Å²) in [6.07, 6.45) is -1.01. The number of nitrogens with one attached hydrogen (secondary N) is 1. The second-order valence-corrected chi connectivity index (χ2v) is 7.73. The van der Waals surface area contributed by atoms with Crippen molar-refractivity contribution in [2.45, 2.75) is 13.0 Å². The van der Waals surface area contributed by atoms with E-state index in [0.29, 0.717) is 16.5 Å². The molecule has 156 valence electrons. The summed E-state index contributed by atoms with van der Waals surface area (Å²) in [7, 11) is 0. The standard InChI is InChI=1S/C24H17BrFNO4/c1-14(30-20-9-5-3-7-18(20)26)24(29)27-21-17-6-2-4-8-19(17)31-23(21)22(28)15-10-12-16(25)13-11-15/h2-14H,1H3,(H,27,29). The lowest BCUT2D eigenvalue weighted by Crippen LogP contribution is -2.30. The van der Waals surface area contributed by atoms with Gasteiger partial charge < -0.3 is 14.5 Å². The van der Waals surface area contributed by atoms with Crippen molar-refractivity contribution in [3.8, 4) is 5.75 Å². The second-order valence-electron chi connectivity index (χ2n) is 6.82. The monoisotopic (exact) mass is 481 g/mol. The highest BCUT2D eigenvalue weighted by Gasteiger charge is 2.25. The third-order valence-corrected chi connectivity index (χ3v) is 5.19. The van der Waals surface area contributed by atoms with E-state index in [-0.39, 0.29) is 23.0 Å². The molecule has 1 heterocycles. The van der Waals surface area contributed by atoms with Crippen LogP contribution < -0.4 is 10.1 Å². The molecule has 3 aromatic carbocycles. The van der Waals surface area contributed by atoms with Gasteiger partial charge in [-0.2, -0.15) is 0 Å². The summed E-state index contributed by atoms with van der Waals surface area (Å²) in [6, 6.07) is 19.7. The van der Waals surface area contributed by atoms with Crippen molar-refractivity contribution < 1.29 is 23.1 Å². The van der Waals surface area contributed by atoms with E-state index in [1.165, 1.54) is 25.1 Å². The number of rotatable bonds is 6. The molecule has 0 aliphatic rings. The Morgan fingerprint density at radius 2 is 1.68 bits per heavy atom. The summed E-state index contributed by atoms with van der Waals surface area (Å²) < 4.78 is 25.9. The number of ketones is 1. The number of carbonyl (C=O) groups excluding carboxylic acids is 2. The molecule has 1 aromatic heterocycles. The molecule has 1 unspecified atom stereocenters. The summed E-state index contributed by atoms with van der Waals surface area (Å²) in [5.74, 6) is -1.51. The third-order valence-electron chi connectivity index (χ3n) is 4.67. The normalized spacial score (nSPS) is 11.8. The fraction of sp³-hybridized carbons (Fsp3) is 0.0833. The predicted octanol–water partition coefficient (Wildman–Crippen LogP) is 5.97. The number of halogens is 2. The highest BCUT2D eigenvalue weighted by atomic mass is 79.9. The van der Waals surface area contributed by atoms with Crippen molar-refractivity contribution in [3.05, 3.63) is 94.4 Å². The minimum atomic E-state index is -1.01. The molecule has 0 saturated carbocycles. The van der Waals surface area contributed by atoms with Gasteiger partial charge in [0.2, 0.25) is 5.78 Å². The molecule has 1 N–H and O–H groups in total. The summed E-state index contributed by atoms with van der Waals surface area (Å²) in [4.78, 5) is 25.9. The molecule has 0 bridgehead atoms. The highest BCUT2D eigenvalue weighted by Crippen LogP contribution is 2.33. The molecule has 31 heavy (non-hydrogen) atoms. The summed E-state index contributed by atoms with van der Waals surface area (Å²) >= 11 is 3.34. The first kappa shape index (κ1) is 20.8. The first-order valence-electron chi connectivity index (χ1n) is 9.48. The quantitative estimate of drug-likeness (QED) is 0.344. The Morgan fingerprint density at radius 1 is 1.00 bits per heavy atom. The first-order valence-corrected chi connectivity index (χ1v) is 10.3. The van der Waals surface area contributed by atoms with Crippen molar-refractivity contribution in [2.24, 2.45) is 0 Å². The zero-order valence-corrected chi connectivity index (χ0v) is 18.0. The van der Waals surface area contributed by atoms with Gasteiger partial charge in [-0.05, 0) is 55.5 Å². The molecule has 4 aromatic rings. The van der Waals surface area contributed by atoms with Gasteiger partial charge in [-0.15, -0.1) is 0 Å². The van der Waals surface area contributed by atoms with E-state index in [2.05, 4.69) is 21.2 Å². The van der Waals surface area contributed by atoms with Gasteiger partial charge in [-0.1, -0.05) is 40.2 Å². The summed E-state index contributed by atoms with van der Waals surface area (Å²) in [5, 5.41) is 3.30. The van der Waals surface area contributed by atoms with E-state index in [4.69, 9.17) is 9.15 Å². The van der Waals surface area contributed by atoms with Crippen LogP contribution in [0.25, 0.3) is 11.0 Å². The van der Waals surface area contributed by atoms with Crippen LogP contribution in [0, 0.1) is 5.82 Å². The van der Waals surface area contributed by atoms with E-state index in [9.17, 15) is 14.0 Å². The number of ether oxygens (including phenoxy) is 1. The number of hydrogen-bond donors (Lipinski definition) is 1. The van der Waals surface area contributed by atoms with Crippen LogP contribution in [0.5, 0.6) is 5.75 Å². The van der Waals surface area contributed by atoms with Crippen LogP contribution in [0.3, 0.4) is 0 Å². The van der Waals surface area contributed by atoms with Crippen LogP contribution in [-0.4, -0.2) is 17.8 Å². The number of furan rings is 1. The summed E-state index contributed by atoms with van der Waals surface area (Å²) in [5.41, 5.74) is 1.12. The topological polar surface area (TPSA) is 68.5 Å². The molecule has 1 amide bonds. The maximum Gasteiger partial charge on any atom is 0.265 e. The van der Waals surface area contributed by atoms with E-state index >= 15 is 0 Å². The number of hydrogen-bond acceptors (Lipinski definition) is 4. The number of fused-ring (bicyclic) bond motifs is 1. The van der Waals surface area contributed by atoms with Gasteiger partial charge in [-0.25, -0.2) is 4.39 Å². The van der Waals surface area contributed by atoms with Gasteiger partial charge >= 0.3 is 0 Å². The smallest absolute Gasteiger partial charge is 0.265 e. The molecular formula is C24H17BrFNO4. The number of carbonyl (C=O) groups is 2. The van der Waals surface area contributed by atoms with E-state index in [1.807, 2.05) is 0 Å². The van der Waals surface area contributed by atoms with Crippen LogP contribution in [-0.2, 0) is 4.79 Å².